The Kier molecular flexibility index (Phi) is 5.67. The number of carbonyl (C=O) groups is 2. The van der Waals surface area contributed by atoms with Crippen LogP contribution >= 0.6 is 0 Å². The summed E-state index contributed by atoms with van der Waals surface area (Å²) in [5, 5.41) is 7.37. The molecule has 0 saturated carbocycles. The molecule has 2 amide bonds. The fraction of sp³-hybridized carbons (Fsp3) is 0.500. The average Bonchev–Trinajstić information content (AvgIpc) is 3.18. The Morgan fingerprint density at radius 2 is 1.83 bits per heavy atom. The Balaban J connectivity index is 1.45. The van der Waals surface area contributed by atoms with E-state index in [1.807, 2.05) is 41.0 Å². The summed E-state index contributed by atoms with van der Waals surface area (Å²) >= 11 is 0. The van der Waals surface area contributed by atoms with Crippen molar-refractivity contribution < 1.29 is 9.59 Å². The number of benzene rings is 1. The first-order chi connectivity index (χ1) is 14.1. The average molecular weight is 396 g/mol. The maximum absolute atomic E-state index is 13.1. The monoisotopic (exact) mass is 395 g/mol. The molecule has 0 radical (unpaired) electrons. The normalized spacial score (nSPS) is 17.3. The molecular weight excluding hydrogens is 366 g/mol. The van der Waals surface area contributed by atoms with E-state index in [1.165, 1.54) is 0 Å². The van der Waals surface area contributed by atoms with E-state index in [-0.39, 0.29) is 11.8 Å². The third kappa shape index (κ3) is 4.05. The third-order valence-electron chi connectivity index (χ3n) is 6.20. The summed E-state index contributed by atoms with van der Waals surface area (Å²) < 4.78 is 0. The number of nitrogens with zero attached hydrogens (tertiary/aromatic N) is 4. The molecule has 1 aromatic carbocycles. The van der Waals surface area contributed by atoms with Crippen LogP contribution in [0.2, 0.25) is 0 Å². The molecular formula is C22H29N5O2. The summed E-state index contributed by atoms with van der Waals surface area (Å²) in [4.78, 5) is 32.0. The molecule has 4 rings (SSSR count). The number of fused-ring (bicyclic) bond motifs is 1. The highest BCUT2D eigenvalue weighted by atomic mass is 16.2. The molecule has 2 aromatic rings. The second-order valence-electron chi connectivity index (χ2n) is 7.92. The fourth-order valence-electron chi connectivity index (χ4n) is 4.18. The molecule has 0 spiro atoms. The molecule has 1 aromatic heterocycles. The molecule has 1 saturated heterocycles. The van der Waals surface area contributed by atoms with Gasteiger partial charge in [-0.2, -0.15) is 5.10 Å². The van der Waals surface area contributed by atoms with Crippen molar-refractivity contribution in [2.24, 2.45) is 0 Å². The number of aromatic amines is 1. The zero-order valence-corrected chi connectivity index (χ0v) is 17.3. The van der Waals surface area contributed by atoms with Crippen LogP contribution in [0.15, 0.2) is 24.3 Å². The van der Waals surface area contributed by atoms with Gasteiger partial charge in [-0.25, -0.2) is 0 Å². The number of hydrogen-bond donors (Lipinski definition) is 1. The Morgan fingerprint density at radius 3 is 2.55 bits per heavy atom. The van der Waals surface area contributed by atoms with E-state index in [0.29, 0.717) is 31.6 Å². The van der Waals surface area contributed by atoms with E-state index in [0.717, 1.165) is 55.1 Å². The van der Waals surface area contributed by atoms with Crippen molar-refractivity contribution in [1.82, 2.24) is 24.9 Å². The van der Waals surface area contributed by atoms with Gasteiger partial charge in [0.1, 0.15) is 0 Å². The van der Waals surface area contributed by atoms with Crippen molar-refractivity contribution in [2.45, 2.75) is 33.2 Å². The van der Waals surface area contributed by atoms with Gasteiger partial charge in [0.25, 0.3) is 5.91 Å². The van der Waals surface area contributed by atoms with Crippen LogP contribution in [0.1, 0.15) is 39.8 Å². The molecule has 7 heteroatoms. The van der Waals surface area contributed by atoms with E-state index >= 15 is 0 Å². The lowest BCUT2D eigenvalue weighted by Crippen LogP contribution is -2.48. The van der Waals surface area contributed by atoms with Crippen LogP contribution in [0.4, 0.5) is 0 Å². The van der Waals surface area contributed by atoms with E-state index in [1.54, 1.807) is 0 Å². The summed E-state index contributed by atoms with van der Waals surface area (Å²) in [6.45, 7) is 9.54. The molecule has 1 fully saturated rings. The second-order valence-corrected chi connectivity index (χ2v) is 7.92. The van der Waals surface area contributed by atoms with Gasteiger partial charge in [0.05, 0.1) is 6.42 Å². The third-order valence-corrected chi connectivity index (χ3v) is 6.20. The Labute approximate surface area is 171 Å². The maximum atomic E-state index is 13.1. The predicted octanol–water partition coefficient (Wildman–Crippen LogP) is 1.62. The number of likely N-dealkylation sites (N-methyl/N-ethyl adjacent to an activating group) is 1. The molecule has 1 N–H and O–H groups in total. The number of amides is 2. The van der Waals surface area contributed by atoms with E-state index in [9.17, 15) is 9.59 Å². The molecule has 7 nitrogen and oxygen atoms in total. The SMILES string of the molecule is CCN1CCN(C(=O)c2n[nH]c3c2CN(C(=O)Cc2ccccc2C)CC3)CC1. The lowest BCUT2D eigenvalue weighted by molar-refractivity contribution is -0.131. The van der Waals surface area contributed by atoms with Gasteiger partial charge in [0, 0.05) is 56.9 Å². The number of piperazine rings is 1. The zero-order valence-electron chi connectivity index (χ0n) is 17.3. The van der Waals surface area contributed by atoms with Gasteiger partial charge in [-0.3, -0.25) is 14.7 Å². The molecule has 29 heavy (non-hydrogen) atoms. The molecule has 154 valence electrons. The quantitative estimate of drug-likeness (QED) is 0.854. The highest BCUT2D eigenvalue weighted by Crippen LogP contribution is 2.23. The minimum Gasteiger partial charge on any atom is -0.338 e. The van der Waals surface area contributed by atoms with Gasteiger partial charge in [0.2, 0.25) is 5.91 Å². The summed E-state index contributed by atoms with van der Waals surface area (Å²) in [5.74, 6) is 0.0764. The van der Waals surface area contributed by atoms with E-state index in [4.69, 9.17) is 0 Å². The van der Waals surface area contributed by atoms with Crippen molar-refractivity contribution in [1.29, 1.82) is 0 Å². The molecule has 0 aliphatic carbocycles. The van der Waals surface area contributed by atoms with Gasteiger partial charge >= 0.3 is 0 Å². The first kappa shape index (κ1) is 19.6. The summed E-state index contributed by atoms with van der Waals surface area (Å²) in [7, 11) is 0. The smallest absolute Gasteiger partial charge is 0.274 e. The van der Waals surface area contributed by atoms with Crippen molar-refractivity contribution in [3.05, 3.63) is 52.3 Å². The first-order valence-corrected chi connectivity index (χ1v) is 10.5. The summed E-state index contributed by atoms with van der Waals surface area (Å²) in [6.07, 6.45) is 1.10. The van der Waals surface area contributed by atoms with Crippen molar-refractivity contribution >= 4 is 11.8 Å². The van der Waals surface area contributed by atoms with Crippen LogP contribution < -0.4 is 0 Å². The molecule has 3 heterocycles. The fourth-order valence-corrected chi connectivity index (χ4v) is 4.18. The van der Waals surface area contributed by atoms with Gasteiger partial charge < -0.3 is 14.7 Å². The molecule has 2 aliphatic heterocycles. The maximum Gasteiger partial charge on any atom is 0.274 e. The van der Waals surface area contributed by atoms with Crippen LogP contribution in [0, 0.1) is 6.92 Å². The number of nitrogens with one attached hydrogen (secondary N) is 1. The minimum atomic E-state index is -0.0218. The summed E-state index contributed by atoms with van der Waals surface area (Å²) in [6, 6.07) is 7.99. The van der Waals surface area contributed by atoms with Crippen molar-refractivity contribution in [2.75, 3.05) is 39.3 Å². The first-order valence-electron chi connectivity index (χ1n) is 10.5. The van der Waals surface area contributed by atoms with Crippen LogP contribution in [0.3, 0.4) is 0 Å². The molecule has 0 bridgehead atoms. The second kappa shape index (κ2) is 8.37. The van der Waals surface area contributed by atoms with Gasteiger partial charge in [-0.1, -0.05) is 31.2 Å². The van der Waals surface area contributed by atoms with E-state index < -0.39 is 0 Å². The predicted molar refractivity (Wildman–Crippen MR) is 111 cm³/mol. The number of H-pyrrole nitrogens is 1. The van der Waals surface area contributed by atoms with Crippen LogP contribution in [0.25, 0.3) is 0 Å². The number of hydrogen-bond acceptors (Lipinski definition) is 4. The van der Waals surface area contributed by atoms with Crippen molar-refractivity contribution in [3.8, 4) is 0 Å². The van der Waals surface area contributed by atoms with Crippen LogP contribution in [-0.4, -0.2) is 76.0 Å². The summed E-state index contributed by atoms with van der Waals surface area (Å²) in [5.41, 5.74) is 4.54. The lowest BCUT2D eigenvalue weighted by Gasteiger charge is -2.34. The van der Waals surface area contributed by atoms with Crippen LogP contribution in [0.5, 0.6) is 0 Å². The molecule has 0 atom stereocenters. The Bertz CT molecular complexity index is 898. The van der Waals surface area contributed by atoms with Gasteiger partial charge in [0.15, 0.2) is 5.69 Å². The van der Waals surface area contributed by atoms with Gasteiger partial charge in [-0.05, 0) is 24.6 Å². The molecule has 0 unspecified atom stereocenters. The largest absolute Gasteiger partial charge is 0.338 e. The number of aryl methyl sites for hydroxylation is 1. The standard InChI is InChI=1S/C22H29N5O2/c1-3-25-10-12-26(13-11-25)22(29)21-18-15-27(9-8-19(18)23-24-21)20(28)14-17-7-5-4-6-16(17)2/h4-7H,3,8-15H2,1-2H3,(H,23,24). The molecule has 2 aliphatic rings. The van der Waals surface area contributed by atoms with Crippen LogP contribution in [-0.2, 0) is 24.2 Å². The Hall–Kier alpha value is -2.67. The van der Waals surface area contributed by atoms with Gasteiger partial charge in [-0.15, -0.1) is 0 Å². The Morgan fingerprint density at radius 1 is 1.07 bits per heavy atom. The number of aromatic nitrogens is 2. The minimum absolute atomic E-state index is 0.0218. The lowest BCUT2D eigenvalue weighted by atomic mass is 10.0. The highest BCUT2D eigenvalue weighted by Gasteiger charge is 2.31. The highest BCUT2D eigenvalue weighted by molar-refractivity contribution is 5.94. The number of carbonyl (C=O) groups excluding carboxylic acids is 2. The van der Waals surface area contributed by atoms with Crippen molar-refractivity contribution in [3.63, 3.8) is 0 Å². The zero-order chi connectivity index (χ0) is 20.4. The van der Waals surface area contributed by atoms with E-state index in [2.05, 4.69) is 22.0 Å². The topological polar surface area (TPSA) is 72.5 Å². The number of rotatable bonds is 4.